The minimum absolute atomic E-state index is 0.205. The van der Waals surface area contributed by atoms with E-state index < -0.39 is 6.04 Å². The van der Waals surface area contributed by atoms with E-state index in [0.29, 0.717) is 18.8 Å². The molecule has 1 aromatic carbocycles. The fourth-order valence-electron chi connectivity index (χ4n) is 2.12. The Morgan fingerprint density at radius 1 is 1.38 bits per heavy atom. The van der Waals surface area contributed by atoms with E-state index in [1.54, 1.807) is 25.3 Å². The lowest BCUT2D eigenvalue weighted by molar-refractivity contribution is -0.144. The van der Waals surface area contributed by atoms with Gasteiger partial charge < -0.3 is 20.7 Å². The highest BCUT2D eigenvalue weighted by atomic mass is 16.5. The molecule has 1 aliphatic rings. The van der Waals surface area contributed by atoms with Gasteiger partial charge in [0, 0.05) is 25.4 Å². The Morgan fingerprint density at radius 3 is 2.76 bits per heavy atom. The van der Waals surface area contributed by atoms with Crippen LogP contribution in [0.15, 0.2) is 30.3 Å². The van der Waals surface area contributed by atoms with E-state index in [1.165, 1.54) is 11.0 Å². The van der Waals surface area contributed by atoms with Crippen molar-refractivity contribution in [3.63, 3.8) is 0 Å². The second-order valence-electron chi connectivity index (χ2n) is 4.74. The number of carbonyl (C=O) groups is 2. The molecule has 6 heteroatoms. The van der Waals surface area contributed by atoms with Gasteiger partial charge in [-0.2, -0.15) is 0 Å². The van der Waals surface area contributed by atoms with E-state index in [9.17, 15) is 9.59 Å². The zero-order valence-electron chi connectivity index (χ0n) is 11.9. The first-order valence-electron chi connectivity index (χ1n) is 6.75. The van der Waals surface area contributed by atoms with Crippen molar-refractivity contribution in [3.05, 3.63) is 35.9 Å². The Hall–Kier alpha value is -2.34. The maximum atomic E-state index is 12.2. The van der Waals surface area contributed by atoms with Crippen molar-refractivity contribution in [2.45, 2.75) is 6.04 Å². The average Bonchev–Trinajstić information content (AvgIpc) is 2.53. The van der Waals surface area contributed by atoms with Crippen LogP contribution in [0, 0.1) is 0 Å². The summed E-state index contributed by atoms with van der Waals surface area (Å²) in [5.74, 6) is -0.423. The molecule has 112 valence electrons. The van der Waals surface area contributed by atoms with E-state index in [1.807, 2.05) is 12.1 Å². The number of nitrogens with two attached hydrogens (primary N) is 1. The molecule has 1 aliphatic heterocycles. The SMILES string of the molecule is CNC(=O)C1COCCN1C(=O)/C=C/c1ccc(N)cc1. The normalized spacial score (nSPS) is 18.7. The van der Waals surface area contributed by atoms with E-state index in [-0.39, 0.29) is 18.4 Å². The van der Waals surface area contributed by atoms with E-state index in [0.717, 1.165) is 5.56 Å². The summed E-state index contributed by atoms with van der Waals surface area (Å²) in [4.78, 5) is 25.5. The number of ether oxygens (including phenoxy) is 1. The van der Waals surface area contributed by atoms with Gasteiger partial charge in [-0.15, -0.1) is 0 Å². The molecule has 1 atom stereocenters. The third-order valence-electron chi connectivity index (χ3n) is 3.32. The van der Waals surface area contributed by atoms with Crippen LogP contribution in [0.4, 0.5) is 5.69 Å². The van der Waals surface area contributed by atoms with E-state index in [4.69, 9.17) is 10.5 Å². The summed E-state index contributed by atoms with van der Waals surface area (Å²) in [7, 11) is 1.55. The van der Waals surface area contributed by atoms with Crippen molar-refractivity contribution in [2.75, 3.05) is 32.5 Å². The molecule has 6 nitrogen and oxygen atoms in total. The van der Waals surface area contributed by atoms with Crippen LogP contribution >= 0.6 is 0 Å². The zero-order valence-corrected chi connectivity index (χ0v) is 11.9. The summed E-state index contributed by atoms with van der Waals surface area (Å²) < 4.78 is 5.27. The second-order valence-corrected chi connectivity index (χ2v) is 4.74. The number of benzene rings is 1. The van der Waals surface area contributed by atoms with Crippen molar-refractivity contribution in [3.8, 4) is 0 Å². The van der Waals surface area contributed by atoms with Gasteiger partial charge in [-0.1, -0.05) is 12.1 Å². The van der Waals surface area contributed by atoms with Crippen LogP contribution in [0.25, 0.3) is 6.08 Å². The van der Waals surface area contributed by atoms with Gasteiger partial charge in [-0.05, 0) is 23.8 Å². The number of hydrogen-bond donors (Lipinski definition) is 2. The summed E-state index contributed by atoms with van der Waals surface area (Å²) in [5, 5.41) is 2.55. The predicted molar refractivity (Wildman–Crippen MR) is 80.3 cm³/mol. The monoisotopic (exact) mass is 289 g/mol. The largest absolute Gasteiger partial charge is 0.399 e. The summed E-state index contributed by atoms with van der Waals surface area (Å²) >= 11 is 0. The van der Waals surface area contributed by atoms with E-state index >= 15 is 0 Å². The Balaban J connectivity index is 2.06. The number of nitrogen functional groups attached to an aromatic ring is 1. The van der Waals surface area contributed by atoms with Gasteiger partial charge >= 0.3 is 0 Å². The lowest BCUT2D eigenvalue weighted by atomic mass is 10.1. The van der Waals surface area contributed by atoms with Crippen molar-refractivity contribution >= 4 is 23.6 Å². The predicted octanol–water partition coefficient (Wildman–Crippen LogP) is 0.255. The maximum absolute atomic E-state index is 12.2. The Bertz CT molecular complexity index is 540. The molecule has 1 heterocycles. The molecule has 21 heavy (non-hydrogen) atoms. The zero-order chi connectivity index (χ0) is 15.2. The molecule has 3 N–H and O–H groups in total. The first kappa shape index (κ1) is 15.1. The first-order valence-corrected chi connectivity index (χ1v) is 6.75. The van der Waals surface area contributed by atoms with Crippen molar-refractivity contribution in [2.24, 2.45) is 0 Å². The van der Waals surface area contributed by atoms with Crippen LogP contribution in [0.5, 0.6) is 0 Å². The molecule has 0 spiro atoms. The molecule has 0 radical (unpaired) electrons. The highest BCUT2D eigenvalue weighted by Gasteiger charge is 2.31. The fourth-order valence-corrected chi connectivity index (χ4v) is 2.12. The van der Waals surface area contributed by atoms with Gasteiger partial charge in [0.25, 0.3) is 0 Å². The Kier molecular flexibility index (Phi) is 4.94. The average molecular weight is 289 g/mol. The number of likely N-dealkylation sites (N-methyl/N-ethyl adjacent to an activating group) is 1. The summed E-state index contributed by atoms with van der Waals surface area (Å²) in [5.41, 5.74) is 7.16. The number of hydrogen-bond acceptors (Lipinski definition) is 4. The van der Waals surface area contributed by atoms with Gasteiger partial charge in [0.1, 0.15) is 6.04 Å². The molecule has 1 unspecified atom stereocenters. The lowest BCUT2D eigenvalue weighted by Gasteiger charge is -2.33. The quantitative estimate of drug-likeness (QED) is 0.617. The first-order chi connectivity index (χ1) is 10.1. The maximum Gasteiger partial charge on any atom is 0.247 e. The van der Waals surface area contributed by atoms with Gasteiger partial charge in [0.05, 0.1) is 13.2 Å². The molecule has 2 rings (SSSR count). The third kappa shape index (κ3) is 3.82. The van der Waals surface area contributed by atoms with Crippen molar-refractivity contribution in [1.29, 1.82) is 0 Å². The number of rotatable bonds is 3. The number of carbonyl (C=O) groups excluding carboxylic acids is 2. The summed E-state index contributed by atoms with van der Waals surface area (Å²) in [6.45, 7) is 1.07. The molecule has 0 saturated carbocycles. The minimum atomic E-state index is -0.577. The third-order valence-corrected chi connectivity index (χ3v) is 3.32. The van der Waals surface area contributed by atoms with Gasteiger partial charge in [-0.25, -0.2) is 0 Å². The molecule has 1 aromatic rings. The minimum Gasteiger partial charge on any atom is -0.399 e. The molecule has 0 bridgehead atoms. The number of nitrogens with one attached hydrogen (secondary N) is 1. The number of anilines is 1. The smallest absolute Gasteiger partial charge is 0.247 e. The molecule has 2 amide bonds. The topological polar surface area (TPSA) is 84.7 Å². The van der Waals surface area contributed by atoms with Crippen LogP contribution in [0.2, 0.25) is 0 Å². The highest BCUT2D eigenvalue weighted by molar-refractivity contribution is 5.95. The van der Waals surface area contributed by atoms with Crippen LogP contribution in [0.1, 0.15) is 5.56 Å². The van der Waals surface area contributed by atoms with Crippen LogP contribution < -0.4 is 11.1 Å². The molecular weight excluding hydrogens is 270 g/mol. The number of nitrogens with zero attached hydrogens (tertiary/aromatic N) is 1. The molecule has 1 saturated heterocycles. The molecule has 1 fully saturated rings. The van der Waals surface area contributed by atoms with Crippen molar-refractivity contribution in [1.82, 2.24) is 10.2 Å². The van der Waals surface area contributed by atoms with Gasteiger partial charge in [-0.3, -0.25) is 9.59 Å². The standard InChI is InChI=1S/C15H19N3O3/c1-17-15(20)13-10-21-9-8-18(13)14(19)7-4-11-2-5-12(16)6-3-11/h2-7,13H,8-10,16H2,1H3,(H,17,20)/b7-4+. The van der Waals surface area contributed by atoms with E-state index in [2.05, 4.69) is 5.32 Å². The Morgan fingerprint density at radius 2 is 2.10 bits per heavy atom. The summed E-state index contributed by atoms with van der Waals surface area (Å²) in [6.07, 6.45) is 3.17. The van der Waals surface area contributed by atoms with Crippen LogP contribution in [-0.4, -0.2) is 49.6 Å². The van der Waals surface area contributed by atoms with Crippen LogP contribution in [0.3, 0.4) is 0 Å². The lowest BCUT2D eigenvalue weighted by Crippen LogP contribution is -2.55. The van der Waals surface area contributed by atoms with Crippen LogP contribution in [-0.2, 0) is 14.3 Å². The summed E-state index contributed by atoms with van der Waals surface area (Å²) in [6, 6.07) is 6.62. The molecule has 0 aliphatic carbocycles. The molecule has 0 aromatic heterocycles. The van der Waals surface area contributed by atoms with Gasteiger partial charge in [0.2, 0.25) is 11.8 Å². The van der Waals surface area contributed by atoms with Crippen molar-refractivity contribution < 1.29 is 14.3 Å². The molecular formula is C15H19N3O3. The number of amides is 2. The van der Waals surface area contributed by atoms with Gasteiger partial charge in [0.15, 0.2) is 0 Å². The highest BCUT2D eigenvalue weighted by Crippen LogP contribution is 2.11. The second kappa shape index (κ2) is 6.90. The fraction of sp³-hybridized carbons (Fsp3) is 0.333. The number of morpholine rings is 1. The Labute approximate surface area is 123 Å².